The molecule has 2 rings (SSSR count). The number of thioether (sulfide) groups is 1. The van der Waals surface area contributed by atoms with Gasteiger partial charge in [-0.05, 0) is 13.2 Å². The molecule has 0 saturated carbocycles. The van der Waals surface area contributed by atoms with Crippen LogP contribution in [0.15, 0.2) is 17.6 Å². The number of rotatable bonds is 4. The van der Waals surface area contributed by atoms with E-state index in [9.17, 15) is 0 Å². The number of nitrogens with zero attached hydrogens (tertiary/aromatic N) is 4. The number of aromatic amines is 1. The van der Waals surface area contributed by atoms with Crippen LogP contribution in [0.3, 0.4) is 0 Å². The Labute approximate surface area is 108 Å². The standard InChI is InChI=1S/C9H11ClN6S/c1-5(8-11-4-12-16-8)13-7-3-6(10)14-9(15-7)17-2/h3-5H,1-2H3,(H,11,12,16)(H,13,14,15). The van der Waals surface area contributed by atoms with E-state index < -0.39 is 0 Å². The molecular weight excluding hydrogens is 260 g/mol. The summed E-state index contributed by atoms with van der Waals surface area (Å²) in [5.41, 5.74) is 0. The molecule has 0 bridgehead atoms. The van der Waals surface area contributed by atoms with E-state index in [4.69, 9.17) is 11.6 Å². The number of hydrogen-bond donors (Lipinski definition) is 2. The lowest BCUT2D eigenvalue weighted by Crippen LogP contribution is -2.10. The highest BCUT2D eigenvalue weighted by Crippen LogP contribution is 2.20. The summed E-state index contributed by atoms with van der Waals surface area (Å²) in [5.74, 6) is 1.41. The Morgan fingerprint density at radius 2 is 2.29 bits per heavy atom. The zero-order valence-corrected chi connectivity index (χ0v) is 10.9. The first-order valence-electron chi connectivity index (χ1n) is 4.89. The average Bonchev–Trinajstić information content (AvgIpc) is 2.81. The van der Waals surface area contributed by atoms with E-state index in [0.29, 0.717) is 16.1 Å². The Balaban J connectivity index is 2.15. The Kier molecular flexibility index (Phi) is 3.80. The van der Waals surface area contributed by atoms with E-state index in [0.717, 1.165) is 5.82 Å². The second-order valence-electron chi connectivity index (χ2n) is 3.30. The number of hydrogen-bond acceptors (Lipinski definition) is 6. The van der Waals surface area contributed by atoms with E-state index in [2.05, 4.69) is 30.5 Å². The van der Waals surface area contributed by atoms with Crippen molar-refractivity contribution >= 4 is 29.2 Å². The molecule has 0 radical (unpaired) electrons. The first-order chi connectivity index (χ1) is 8.19. The van der Waals surface area contributed by atoms with Gasteiger partial charge in [-0.25, -0.2) is 15.0 Å². The maximum absolute atomic E-state index is 5.90. The molecule has 0 aliphatic carbocycles. The zero-order chi connectivity index (χ0) is 12.3. The Morgan fingerprint density at radius 3 is 2.94 bits per heavy atom. The number of nitrogens with one attached hydrogen (secondary N) is 2. The van der Waals surface area contributed by atoms with Crippen molar-refractivity contribution in [2.24, 2.45) is 0 Å². The topological polar surface area (TPSA) is 79.4 Å². The van der Waals surface area contributed by atoms with Crippen molar-refractivity contribution in [2.75, 3.05) is 11.6 Å². The number of aromatic nitrogens is 5. The summed E-state index contributed by atoms with van der Waals surface area (Å²) in [4.78, 5) is 12.4. The molecule has 0 aromatic carbocycles. The number of H-pyrrole nitrogens is 1. The molecular formula is C9H11ClN6S. The maximum Gasteiger partial charge on any atom is 0.190 e. The third-order valence-electron chi connectivity index (χ3n) is 2.07. The van der Waals surface area contributed by atoms with Crippen molar-refractivity contribution in [2.45, 2.75) is 18.1 Å². The lowest BCUT2D eigenvalue weighted by Gasteiger charge is -2.12. The minimum atomic E-state index is -0.0295. The summed E-state index contributed by atoms with van der Waals surface area (Å²) in [5, 5.41) is 10.8. The number of anilines is 1. The minimum Gasteiger partial charge on any atom is -0.360 e. The molecule has 0 fully saturated rings. The smallest absolute Gasteiger partial charge is 0.190 e. The van der Waals surface area contributed by atoms with E-state index in [1.54, 1.807) is 6.07 Å². The van der Waals surface area contributed by atoms with Crippen molar-refractivity contribution in [3.63, 3.8) is 0 Å². The highest BCUT2D eigenvalue weighted by molar-refractivity contribution is 7.98. The highest BCUT2D eigenvalue weighted by Gasteiger charge is 2.10. The van der Waals surface area contributed by atoms with Gasteiger partial charge in [0.15, 0.2) is 5.16 Å². The van der Waals surface area contributed by atoms with Gasteiger partial charge in [0.05, 0.1) is 6.04 Å². The lowest BCUT2D eigenvalue weighted by molar-refractivity contribution is 0.783. The third kappa shape index (κ3) is 3.07. The fraction of sp³-hybridized carbons (Fsp3) is 0.333. The van der Waals surface area contributed by atoms with Crippen molar-refractivity contribution in [1.29, 1.82) is 0 Å². The van der Waals surface area contributed by atoms with Gasteiger partial charge in [-0.1, -0.05) is 23.4 Å². The fourth-order valence-electron chi connectivity index (χ4n) is 1.28. The molecule has 2 aromatic heterocycles. The summed E-state index contributed by atoms with van der Waals surface area (Å²) in [6.07, 6.45) is 3.36. The zero-order valence-electron chi connectivity index (χ0n) is 9.31. The molecule has 0 spiro atoms. The van der Waals surface area contributed by atoms with Gasteiger partial charge in [0.2, 0.25) is 0 Å². The van der Waals surface area contributed by atoms with Crippen LogP contribution in [0.2, 0.25) is 5.15 Å². The minimum absolute atomic E-state index is 0.0295. The van der Waals surface area contributed by atoms with Crippen LogP contribution in [0.25, 0.3) is 0 Å². The summed E-state index contributed by atoms with van der Waals surface area (Å²) >= 11 is 7.34. The monoisotopic (exact) mass is 270 g/mol. The van der Waals surface area contributed by atoms with Crippen LogP contribution in [0.4, 0.5) is 5.82 Å². The van der Waals surface area contributed by atoms with E-state index in [1.807, 2.05) is 13.2 Å². The molecule has 1 atom stereocenters. The predicted octanol–water partition coefficient (Wildman–Crippen LogP) is 2.14. The molecule has 1 unspecified atom stereocenters. The van der Waals surface area contributed by atoms with Crippen LogP contribution in [0.5, 0.6) is 0 Å². The molecule has 0 aliphatic heterocycles. The predicted molar refractivity (Wildman–Crippen MR) is 67.2 cm³/mol. The molecule has 0 aliphatic rings. The Hall–Kier alpha value is -1.34. The summed E-state index contributed by atoms with van der Waals surface area (Å²) in [6.45, 7) is 1.95. The second kappa shape index (κ2) is 5.33. The number of halogens is 1. The third-order valence-corrected chi connectivity index (χ3v) is 2.81. The van der Waals surface area contributed by atoms with Crippen LogP contribution >= 0.6 is 23.4 Å². The van der Waals surface area contributed by atoms with Crippen LogP contribution < -0.4 is 5.32 Å². The summed E-state index contributed by atoms with van der Waals surface area (Å²) < 4.78 is 0. The van der Waals surface area contributed by atoms with Crippen LogP contribution in [-0.4, -0.2) is 31.4 Å². The van der Waals surface area contributed by atoms with Gasteiger partial charge in [0, 0.05) is 6.07 Å². The van der Waals surface area contributed by atoms with E-state index in [-0.39, 0.29) is 6.04 Å². The largest absolute Gasteiger partial charge is 0.360 e. The van der Waals surface area contributed by atoms with Crippen LogP contribution in [-0.2, 0) is 0 Å². The summed E-state index contributed by atoms with van der Waals surface area (Å²) in [7, 11) is 0. The normalized spacial score (nSPS) is 12.4. The molecule has 2 aromatic rings. The average molecular weight is 271 g/mol. The highest BCUT2D eigenvalue weighted by atomic mass is 35.5. The molecule has 2 N–H and O–H groups in total. The maximum atomic E-state index is 5.90. The van der Waals surface area contributed by atoms with E-state index in [1.165, 1.54) is 18.1 Å². The Bertz CT molecular complexity index is 488. The lowest BCUT2D eigenvalue weighted by atomic mass is 10.3. The van der Waals surface area contributed by atoms with Gasteiger partial charge in [-0.15, -0.1) is 0 Å². The van der Waals surface area contributed by atoms with Gasteiger partial charge >= 0.3 is 0 Å². The van der Waals surface area contributed by atoms with Crippen molar-refractivity contribution in [1.82, 2.24) is 25.1 Å². The molecule has 2 heterocycles. The van der Waals surface area contributed by atoms with Crippen molar-refractivity contribution < 1.29 is 0 Å². The first-order valence-corrected chi connectivity index (χ1v) is 6.49. The van der Waals surface area contributed by atoms with Gasteiger partial charge in [0.25, 0.3) is 0 Å². The quantitative estimate of drug-likeness (QED) is 0.503. The molecule has 6 nitrogen and oxygen atoms in total. The van der Waals surface area contributed by atoms with E-state index >= 15 is 0 Å². The fourth-order valence-corrected chi connectivity index (χ4v) is 1.89. The second-order valence-corrected chi connectivity index (χ2v) is 4.46. The van der Waals surface area contributed by atoms with Crippen molar-refractivity contribution in [3.8, 4) is 0 Å². The van der Waals surface area contributed by atoms with Crippen LogP contribution in [0, 0.1) is 0 Å². The van der Waals surface area contributed by atoms with Gasteiger partial charge in [-0.2, -0.15) is 5.10 Å². The molecule has 90 valence electrons. The molecule has 0 saturated heterocycles. The van der Waals surface area contributed by atoms with Gasteiger partial charge in [-0.3, -0.25) is 5.10 Å². The van der Waals surface area contributed by atoms with Crippen molar-refractivity contribution in [3.05, 3.63) is 23.4 Å². The molecule has 8 heteroatoms. The molecule has 17 heavy (non-hydrogen) atoms. The summed E-state index contributed by atoms with van der Waals surface area (Å²) in [6, 6.07) is 1.65. The Morgan fingerprint density at radius 1 is 1.47 bits per heavy atom. The van der Waals surface area contributed by atoms with Crippen LogP contribution in [0.1, 0.15) is 18.8 Å². The first kappa shape index (κ1) is 12.1. The van der Waals surface area contributed by atoms with Gasteiger partial charge in [0.1, 0.15) is 23.1 Å². The SMILES string of the molecule is CSc1nc(Cl)cc(NC(C)c2ncn[nH]2)n1. The van der Waals surface area contributed by atoms with Gasteiger partial charge < -0.3 is 5.32 Å². The molecule has 0 amide bonds.